The van der Waals surface area contributed by atoms with E-state index in [2.05, 4.69) is 5.32 Å². The molecule has 78 valence electrons. The summed E-state index contributed by atoms with van der Waals surface area (Å²) in [7, 11) is 1.64. The van der Waals surface area contributed by atoms with E-state index in [9.17, 15) is 13.2 Å². The van der Waals surface area contributed by atoms with Gasteiger partial charge in [-0.3, -0.25) is 0 Å². The summed E-state index contributed by atoms with van der Waals surface area (Å²) in [5.41, 5.74) is -0.315. The fourth-order valence-corrected chi connectivity index (χ4v) is 1.30. The monoisotopic (exact) mass is 223 g/mol. The van der Waals surface area contributed by atoms with Crippen molar-refractivity contribution in [3.8, 4) is 0 Å². The summed E-state index contributed by atoms with van der Waals surface area (Å²) < 4.78 is 39.1. The lowest BCUT2D eigenvalue weighted by molar-refractivity contribution is 0.478. The van der Waals surface area contributed by atoms with E-state index >= 15 is 0 Å². The molecule has 1 N–H and O–H groups in total. The van der Waals surface area contributed by atoms with Crippen LogP contribution in [-0.4, -0.2) is 13.6 Å². The molecule has 0 aliphatic heterocycles. The van der Waals surface area contributed by atoms with E-state index in [1.807, 2.05) is 0 Å². The van der Waals surface area contributed by atoms with Crippen LogP contribution in [0.25, 0.3) is 0 Å². The zero-order valence-corrected chi connectivity index (χ0v) is 8.26. The number of rotatable bonds is 3. The Morgan fingerprint density at radius 2 is 1.93 bits per heavy atom. The Balaban J connectivity index is 3.11. The zero-order valence-electron chi connectivity index (χ0n) is 7.50. The summed E-state index contributed by atoms with van der Waals surface area (Å²) in [6, 6.07) is 0.634. The van der Waals surface area contributed by atoms with E-state index in [0.717, 1.165) is 0 Å². The molecule has 0 bridgehead atoms. The van der Waals surface area contributed by atoms with E-state index in [4.69, 9.17) is 11.6 Å². The van der Waals surface area contributed by atoms with Crippen LogP contribution in [0.3, 0.4) is 0 Å². The van der Waals surface area contributed by atoms with Gasteiger partial charge in [0.05, 0.1) is 5.02 Å². The highest BCUT2D eigenvalue weighted by Gasteiger charge is 2.16. The van der Waals surface area contributed by atoms with Crippen LogP contribution in [0, 0.1) is 17.5 Å². The molecule has 0 saturated heterocycles. The van der Waals surface area contributed by atoms with Gasteiger partial charge in [0.1, 0.15) is 5.82 Å². The molecule has 1 rings (SSSR count). The van der Waals surface area contributed by atoms with Crippen LogP contribution >= 0.6 is 11.6 Å². The number of hydrogen-bond acceptors (Lipinski definition) is 1. The van der Waals surface area contributed by atoms with Gasteiger partial charge >= 0.3 is 0 Å². The van der Waals surface area contributed by atoms with E-state index in [1.54, 1.807) is 7.05 Å². The molecule has 0 aliphatic carbocycles. The minimum absolute atomic E-state index is 0.0612. The van der Waals surface area contributed by atoms with Crippen LogP contribution in [0.15, 0.2) is 6.07 Å². The summed E-state index contributed by atoms with van der Waals surface area (Å²) in [4.78, 5) is 0. The number of likely N-dealkylation sites (N-methyl/N-ethyl adjacent to an activating group) is 1. The van der Waals surface area contributed by atoms with Crippen LogP contribution in [0.1, 0.15) is 5.56 Å². The van der Waals surface area contributed by atoms with Crippen molar-refractivity contribution in [2.45, 2.75) is 6.42 Å². The van der Waals surface area contributed by atoms with E-state index in [1.165, 1.54) is 0 Å². The second kappa shape index (κ2) is 4.66. The Labute approximate surface area is 84.9 Å². The molecular formula is C9H9ClF3N. The second-order valence-corrected chi connectivity index (χ2v) is 3.21. The third kappa shape index (κ3) is 2.19. The van der Waals surface area contributed by atoms with Crippen LogP contribution in [0.2, 0.25) is 5.02 Å². The summed E-state index contributed by atoms with van der Waals surface area (Å²) >= 11 is 5.37. The molecule has 1 aromatic rings. The molecule has 0 saturated carbocycles. The highest BCUT2D eigenvalue weighted by Crippen LogP contribution is 2.23. The Kier molecular flexibility index (Phi) is 3.77. The first-order valence-electron chi connectivity index (χ1n) is 4.04. The van der Waals surface area contributed by atoms with Gasteiger partial charge < -0.3 is 5.32 Å². The lowest BCUT2D eigenvalue weighted by atomic mass is 10.1. The minimum Gasteiger partial charge on any atom is -0.319 e. The third-order valence-corrected chi connectivity index (χ3v) is 2.10. The van der Waals surface area contributed by atoms with E-state index < -0.39 is 22.5 Å². The molecule has 0 unspecified atom stereocenters. The lowest BCUT2D eigenvalue weighted by Gasteiger charge is -2.06. The quantitative estimate of drug-likeness (QED) is 0.777. The van der Waals surface area contributed by atoms with Gasteiger partial charge in [-0.15, -0.1) is 0 Å². The summed E-state index contributed by atoms with van der Waals surface area (Å²) in [5, 5.41) is 2.32. The van der Waals surface area contributed by atoms with Gasteiger partial charge in [-0.2, -0.15) is 0 Å². The molecule has 0 atom stereocenters. The molecule has 0 aromatic heterocycles. The van der Waals surface area contributed by atoms with Crippen molar-refractivity contribution in [1.82, 2.24) is 5.32 Å². The highest BCUT2D eigenvalue weighted by atomic mass is 35.5. The number of benzene rings is 1. The van der Waals surface area contributed by atoms with Crippen molar-refractivity contribution in [2.24, 2.45) is 0 Å². The predicted molar refractivity (Wildman–Crippen MR) is 49.0 cm³/mol. The van der Waals surface area contributed by atoms with Crippen LogP contribution in [-0.2, 0) is 6.42 Å². The third-order valence-electron chi connectivity index (χ3n) is 1.83. The number of nitrogens with one attached hydrogen (secondary N) is 1. The standard InChI is InChI=1S/C9H9ClF3N/c1-14-3-2-5-8(12)6(10)4-7(11)9(5)13/h4,14H,2-3H2,1H3. The Hall–Kier alpha value is -0.740. The summed E-state index contributed by atoms with van der Waals surface area (Å²) in [5.74, 6) is -3.18. The first-order valence-corrected chi connectivity index (χ1v) is 4.42. The molecule has 5 heteroatoms. The van der Waals surface area contributed by atoms with Crippen molar-refractivity contribution < 1.29 is 13.2 Å². The largest absolute Gasteiger partial charge is 0.319 e. The zero-order chi connectivity index (χ0) is 10.7. The van der Waals surface area contributed by atoms with Gasteiger partial charge in [0.15, 0.2) is 11.6 Å². The Morgan fingerprint density at radius 1 is 1.29 bits per heavy atom. The molecule has 1 aromatic carbocycles. The van der Waals surface area contributed by atoms with Crippen LogP contribution in [0.4, 0.5) is 13.2 Å². The molecule has 0 fully saturated rings. The first-order chi connectivity index (χ1) is 6.57. The molecule has 0 amide bonds. The summed E-state index contributed by atoms with van der Waals surface area (Å²) in [6.45, 7) is 0.355. The molecule has 14 heavy (non-hydrogen) atoms. The van der Waals surface area contributed by atoms with Crippen molar-refractivity contribution >= 4 is 11.6 Å². The molecule has 0 heterocycles. The second-order valence-electron chi connectivity index (χ2n) is 2.80. The van der Waals surface area contributed by atoms with E-state index in [-0.39, 0.29) is 12.0 Å². The van der Waals surface area contributed by atoms with Crippen molar-refractivity contribution in [3.05, 3.63) is 34.1 Å². The maximum atomic E-state index is 13.2. The molecule has 0 aliphatic rings. The van der Waals surface area contributed by atoms with Crippen molar-refractivity contribution in [1.29, 1.82) is 0 Å². The fourth-order valence-electron chi connectivity index (χ4n) is 1.09. The van der Waals surface area contributed by atoms with Gasteiger partial charge in [0, 0.05) is 5.56 Å². The normalized spacial score (nSPS) is 10.6. The van der Waals surface area contributed by atoms with Gasteiger partial charge in [-0.25, -0.2) is 13.2 Å². The molecular weight excluding hydrogens is 215 g/mol. The van der Waals surface area contributed by atoms with E-state index in [0.29, 0.717) is 12.6 Å². The SMILES string of the molecule is CNCCc1c(F)c(F)cc(Cl)c1F. The van der Waals surface area contributed by atoms with Crippen LogP contribution in [0.5, 0.6) is 0 Å². The molecule has 0 radical (unpaired) electrons. The predicted octanol–water partition coefficient (Wildman–Crippen LogP) is 2.52. The van der Waals surface area contributed by atoms with Crippen molar-refractivity contribution in [3.63, 3.8) is 0 Å². The minimum atomic E-state index is -1.16. The van der Waals surface area contributed by atoms with Gasteiger partial charge in [0.2, 0.25) is 0 Å². The number of halogens is 4. The average molecular weight is 224 g/mol. The Morgan fingerprint density at radius 3 is 2.50 bits per heavy atom. The van der Waals surface area contributed by atoms with Crippen LogP contribution < -0.4 is 5.32 Å². The smallest absolute Gasteiger partial charge is 0.165 e. The lowest BCUT2D eigenvalue weighted by Crippen LogP contribution is -2.13. The summed E-state index contributed by atoms with van der Waals surface area (Å²) in [6.07, 6.45) is 0.0612. The maximum absolute atomic E-state index is 13.2. The van der Waals surface area contributed by atoms with Crippen molar-refractivity contribution in [2.75, 3.05) is 13.6 Å². The fraction of sp³-hybridized carbons (Fsp3) is 0.333. The Bertz CT molecular complexity index is 315. The molecule has 0 spiro atoms. The molecule has 1 nitrogen and oxygen atoms in total. The first kappa shape index (κ1) is 11.3. The maximum Gasteiger partial charge on any atom is 0.165 e. The average Bonchev–Trinajstić information content (AvgIpc) is 2.15. The highest BCUT2D eigenvalue weighted by molar-refractivity contribution is 6.30. The topological polar surface area (TPSA) is 12.0 Å². The van der Waals surface area contributed by atoms with Gasteiger partial charge in [-0.1, -0.05) is 11.6 Å². The van der Waals surface area contributed by atoms with Gasteiger partial charge in [-0.05, 0) is 26.1 Å². The van der Waals surface area contributed by atoms with Gasteiger partial charge in [0.25, 0.3) is 0 Å². The number of hydrogen-bond donors (Lipinski definition) is 1.